The van der Waals surface area contributed by atoms with Crippen molar-refractivity contribution < 1.29 is 9.59 Å². The molecule has 1 aliphatic carbocycles. The van der Waals surface area contributed by atoms with E-state index in [1.165, 1.54) is 0 Å². The molecule has 7 heteroatoms. The predicted octanol–water partition coefficient (Wildman–Crippen LogP) is 1.88. The molecule has 0 spiro atoms. The largest absolute Gasteiger partial charge is 0.356 e. The number of anilines is 1. The van der Waals surface area contributed by atoms with Gasteiger partial charge in [0.25, 0.3) is 0 Å². The minimum absolute atomic E-state index is 0.0807. The Balaban J connectivity index is 1.48. The van der Waals surface area contributed by atoms with Crippen LogP contribution >= 0.6 is 0 Å². The number of nitrogens with one attached hydrogen (secondary N) is 2. The van der Waals surface area contributed by atoms with Crippen LogP contribution in [0, 0.1) is 12.8 Å². The third kappa shape index (κ3) is 5.14. The van der Waals surface area contributed by atoms with Gasteiger partial charge in [-0.2, -0.15) is 5.10 Å². The molecule has 7 nitrogen and oxygen atoms in total. The predicted molar refractivity (Wildman–Crippen MR) is 93.9 cm³/mol. The number of carbonyl (C=O) groups excluding carboxylic acids is 2. The summed E-state index contributed by atoms with van der Waals surface area (Å²) < 4.78 is 1.74. The van der Waals surface area contributed by atoms with Crippen molar-refractivity contribution in [3.63, 3.8) is 0 Å². The monoisotopic (exact) mass is 341 g/mol. The first-order valence-corrected chi connectivity index (χ1v) is 8.64. The molecule has 0 atom stereocenters. The Labute approximate surface area is 146 Å². The lowest BCUT2D eigenvalue weighted by Crippen LogP contribution is -2.26. The summed E-state index contributed by atoms with van der Waals surface area (Å²) in [6.45, 7) is 2.93. The van der Waals surface area contributed by atoms with E-state index in [0.29, 0.717) is 31.7 Å². The smallest absolute Gasteiger partial charge is 0.225 e. The van der Waals surface area contributed by atoms with Crippen LogP contribution in [0.25, 0.3) is 0 Å². The van der Waals surface area contributed by atoms with Gasteiger partial charge in [0.15, 0.2) is 0 Å². The van der Waals surface area contributed by atoms with E-state index in [-0.39, 0.29) is 17.7 Å². The summed E-state index contributed by atoms with van der Waals surface area (Å²) in [5.74, 6) is 0.903. The van der Waals surface area contributed by atoms with Crippen molar-refractivity contribution in [3.05, 3.63) is 41.9 Å². The second kappa shape index (κ2) is 7.92. The van der Waals surface area contributed by atoms with Crippen molar-refractivity contribution in [2.24, 2.45) is 5.92 Å². The summed E-state index contributed by atoms with van der Waals surface area (Å²) in [6, 6.07) is 7.55. The van der Waals surface area contributed by atoms with Gasteiger partial charge in [-0.3, -0.25) is 14.6 Å². The van der Waals surface area contributed by atoms with Crippen LogP contribution in [-0.2, 0) is 16.1 Å². The number of nitrogens with zero attached hydrogens (tertiary/aromatic N) is 3. The Kier molecular flexibility index (Phi) is 5.42. The Morgan fingerprint density at radius 3 is 2.88 bits per heavy atom. The molecule has 1 aliphatic rings. The minimum atomic E-state index is -0.0807. The van der Waals surface area contributed by atoms with Crippen molar-refractivity contribution in [1.29, 1.82) is 0 Å². The van der Waals surface area contributed by atoms with Crippen LogP contribution in [0.5, 0.6) is 0 Å². The Hall–Kier alpha value is -2.70. The van der Waals surface area contributed by atoms with Gasteiger partial charge >= 0.3 is 0 Å². The molecule has 2 aromatic rings. The van der Waals surface area contributed by atoms with E-state index in [9.17, 15) is 9.59 Å². The summed E-state index contributed by atoms with van der Waals surface area (Å²) in [6.07, 6.45) is 4.70. The number of carbonyl (C=O) groups is 2. The number of pyridine rings is 1. The van der Waals surface area contributed by atoms with Crippen molar-refractivity contribution in [2.75, 3.05) is 11.9 Å². The maximum Gasteiger partial charge on any atom is 0.225 e. The normalized spacial score (nSPS) is 13.5. The van der Waals surface area contributed by atoms with E-state index >= 15 is 0 Å². The molecule has 2 amide bonds. The van der Waals surface area contributed by atoms with E-state index in [0.717, 1.165) is 24.2 Å². The minimum Gasteiger partial charge on any atom is -0.356 e. The van der Waals surface area contributed by atoms with Crippen molar-refractivity contribution in [2.45, 2.75) is 39.2 Å². The zero-order valence-electron chi connectivity index (χ0n) is 14.4. The molecule has 0 aliphatic heterocycles. The zero-order valence-corrected chi connectivity index (χ0v) is 14.4. The van der Waals surface area contributed by atoms with Gasteiger partial charge in [-0.1, -0.05) is 6.07 Å². The van der Waals surface area contributed by atoms with Gasteiger partial charge in [-0.25, -0.2) is 4.68 Å². The lowest BCUT2D eigenvalue weighted by molar-refractivity contribution is -0.122. The number of amides is 2. The third-order valence-corrected chi connectivity index (χ3v) is 4.04. The molecular weight excluding hydrogens is 318 g/mol. The highest BCUT2D eigenvalue weighted by Gasteiger charge is 2.28. The quantitative estimate of drug-likeness (QED) is 0.718. The summed E-state index contributed by atoms with van der Waals surface area (Å²) in [5, 5.41) is 10.2. The maximum atomic E-state index is 12.1. The molecule has 1 fully saturated rings. The van der Waals surface area contributed by atoms with E-state index in [1.807, 2.05) is 31.2 Å². The number of hydrogen-bond donors (Lipinski definition) is 2. The standard InChI is InChI=1S/C18H23N5O2/c1-13-11-16(23(22-13)12-15-5-2-3-9-19-15)21-17(24)6-4-10-20-18(25)14-7-8-14/h2-3,5,9,11,14H,4,6-8,10,12H2,1H3,(H,20,25)(H,21,24). The highest BCUT2D eigenvalue weighted by atomic mass is 16.2. The highest BCUT2D eigenvalue weighted by molar-refractivity contribution is 5.90. The van der Waals surface area contributed by atoms with Gasteiger partial charge in [0.05, 0.1) is 17.9 Å². The van der Waals surface area contributed by atoms with Gasteiger partial charge in [-0.15, -0.1) is 0 Å². The van der Waals surface area contributed by atoms with Crippen molar-refractivity contribution >= 4 is 17.6 Å². The fraction of sp³-hybridized carbons (Fsp3) is 0.444. The average Bonchev–Trinajstić information content (AvgIpc) is 3.38. The topological polar surface area (TPSA) is 88.9 Å². The van der Waals surface area contributed by atoms with Crippen LogP contribution in [0.4, 0.5) is 5.82 Å². The second-order valence-corrected chi connectivity index (χ2v) is 6.37. The molecule has 132 valence electrons. The molecule has 0 unspecified atom stereocenters. The lowest BCUT2D eigenvalue weighted by Gasteiger charge is -2.09. The van der Waals surface area contributed by atoms with Crippen LogP contribution in [0.2, 0.25) is 0 Å². The number of hydrogen-bond acceptors (Lipinski definition) is 4. The third-order valence-electron chi connectivity index (χ3n) is 4.04. The first-order chi connectivity index (χ1) is 12.1. The molecule has 0 radical (unpaired) electrons. The second-order valence-electron chi connectivity index (χ2n) is 6.37. The first-order valence-electron chi connectivity index (χ1n) is 8.64. The highest BCUT2D eigenvalue weighted by Crippen LogP contribution is 2.28. The van der Waals surface area contributed by atoms with Gasteiger partial charge in [0, 0.05) is 31.1 Å². The van der Waals surface area contributed by atoms with Crippen molar-refractivity contribution in [3.8, 4) is 0 Å². The first kappa shape index (κ1) is 17.1. The Morgan fingerprint density at radius 1 is 1.32 bits per heavy atom. The molecule has 1 saturated carbocycles. The Bertz CT molecular complexity index is 737. The molecule has 0 bridgehead atoms. The fourth-order valence-corrected chi connectivity index (χ4v) is 2.57. The molecule has 0 aromatic carbocycles. The van der Waals surface area contributed by atoms with Crippen molar-refractivity contribution in [1.82, 2.24) is 20.1 Å². The van der Waals surface area contributed by atoms with Gasteiger partial charge in [0.1, 0.15) is 5.82 Å². The molecule has 2 heterocycles. The molecular formula is C18H23N5O2. The number of aryl methyl sites for hydroxylation is 1. The van der Waals surface area contributed by atoms with Crippen LogP contribution in [0.15, 0.2) is 30.5 Å². The fourth-order valence-electron chi connectivity index (χ4n) is 2.57. The van der Waals surface area contributed by atoms with E-state index in [1.54, 1.807) is 10.9 Å². The molecule has 0 saturated heterocycles. The van der Waals surface area contributed by atoms with E-state index < -0.39 is 0 Å². The summed E-state index contributed by atoms with van der Waals surface area (Å²) in [4.78, 5) is 28.0. The summed E-state index contributed by atoms with van der Waals surface area (Å²) in [7, 11) is 0. The van der Waals surface area contributed by atoms with E-state index in [2.05, 4.69) is 20.7 Å². The van der Waals surface area contributed by atoms with Gasteiger partial charge in [-0.05, 0) is 38.3 Å². The van der Waals surface area contributed by atoms with E-state index in [4.69, 9.17) is 0 Å². The van der Waals surface area contributed by atoms with Crippen LogP contribution in [-0.4, -0.2) is 33.1 Å². The summed E-state index contributed by atoms with van der Waals surface area (Å²) in [5.41, 5.74) is 1.71. The van der Waals surface area contributed by atoms with Crippen LogP contribution in [0.3, 0.4) is 0 Å². The average molecular weight is 341 g/mol. The Morgan fingerprint density at radius 2 is 2.16 bits per heavy atom. The number of aromatic nitrogens is 3. The summed E-state index contributed by atoms with van der Waals surface area (Å²) >= 11 is 0. The van der Waals surface area contributed by atoms with Gasteiger partial charge < -0.3 is 10.6 Å². The molecule has 3 rings (SSSR count). The van der Waals surface area contributed by atoms with Crippen LogP contribution < -0.4 is 10.6 Å². The van der Waals surface area contributed by atoms with Gasteiger partial charge in [0.2, 0.25) is 11.8 Å². The molecule has 2 N–H and O–H groups in total. The molecule has 25 heavy (non-hydrogen) atoms. The van der Waals surface area contributed by atoms with Crippen LogP contribution in [0.1, 0.15) is 37.1 Å². The lowest BCUT2D eigenvalue weighted by atomic mass is 10.3. The number of rotatable bonds is 8. The molecule has 2 aromatic heterocycles. The SMILES string of the molecule is Cc1cc(NC(=O)CCCNC(=O)C2CC2)n(Cc2ccccn2)n1. The zero-order chi connectivity index (χ0) is 17.6. The maximum absolute atomic E-state index is 12.1.